The van der Waals surface area contributed by atoms with Gasteiger partial charge < -0.3 is 14.2 Å². The first-order valence-corrected chi connectivity index (χ1v) is 7.59. The van der Waals surface area contributed by atoms with E-state index in [0.717, 1.165) is 12.2 Å². The number of nitrogens with zero attached hydrogens (tertiary/aromatic N) is 2. The van der Waals surface area contributed by atoms with Gasteiger partial charge in [0.05, 0.1) is 12.6 Å². The van der Waals surface area contributed by atoms with Gasteiger partial charge in [-0.05, 0) is 37.8 Å². The van der Waals surface area contributed by atoms with Crippen molar-refractivity contribution in [2.45, 2.75) is 65.1 Å². The average Bonchev–Trinajstić information content (AvgIpc) is 2.71. The Morgan fingerprint density at radius 1 is 1.24 bits per heavy atom. The Bertz CT molecular complexity index is 532. The van der Waals surface area contributed by atoms with Gasteiger partial charge in [0.25, 0.3) is 5.91 Å². The molecular weight excluding hydrogens is 264 g/mol. The van der Waals surface area contributed by atoms with Gasteiger partial charge in [0.2, 0.25) is 0 Å². The van der Waals surface area contributed by atoms with Crippen molar-refractivity contribution in [3.63, 3.8) is 0 Å². The maximum Gasteiger partial charge on any atom is 0.271 e. The van der Waals surface area contributed by atoms with Gasteiger partial charge in [-0.1, -0.05) is 20.8 Å². The van der Waals surface area contributed by atoms with Crippen molar-refractivity contribution in [3.8, 4) is 0 Å². The minimum Gasteiger partial charge on any atom is -0.382 e. The summed E-state index contributed by atoms with van der Waals surface area (Å²) in [5.74, 6) is 0.103. The van der Waals surface area contributed by atoms with Crippen LogP contribution in [0.15, 0.2) is 12.3 Å². The molecular formula is C17H28N2O2. The summed E-state index contributed by atoms with van der Waals surface area (Å²) in [6.07, 6.45) is 2.12. The third-order valence-corrected chi connectivity index (χ3v) is 4.05. The molecule has 4 heteroatoms. The Labute approximate surface area is 128 Å². The molecule has 1 aliphatic rings. The van der Waals surface area contributed by atoms with Crippen LogP contribution in [-0.2, 0) is 16.7 Å². The van der Waals surface area contributed by atoms with Crippen molar-refractivity contribution < 1.29 is 9.53 Å². The second-order valence-electron chi connectivity index (χ2n) is 7.97. The van der Waals surface area contributed by atoms with Crippen LogP contribution >= 0.6 is 0 Å². The highest BCUT2D eigenvalue weighted by Gasteiger charge is 2.39. The van der Waals surface area contributed by atoms with E-state index in [2.05, 4.69) is 52.3 Å². The molecule has 1 amide bonds. The van der Waals surface area contributed by atoms with E-state index in [1.54, 1.807) is 7.11 Å². The fourth-order valence-corrected chi connectivity index (χ4v) is 3.02. The quantitative estimate of drug-likeness (QED) is 0.839. The molecule has 1 unspecified atom stereocenters. The molecule has 2 rings (SSSR count). The monoisotopic (exact) mass is 292 g/mol. The zero-order valence-corrected chi connectivity index (χ0v) is 14.4. The molecule has 1 aliphatic heterocycles. The Hall–Kier alpha value is -1.29. The molecule has 0 saturated carbocycles. The lowest BCUT2D eigenvalue weighted by Gasteiger charge is -2.44. The molecule has 21 heavy (non-hydrogen) atoms. The molecule has 1 aromatic heterocycles. The predicted molar refractivity (Wildman–Crippen MR) is 84.7 cm³/mol. The summed E-state index contributed by atoms with van der Waals surface area (Å²) in [6, 6.07) is 2.12. The van der Waals surface area contributed by atoms with E-state index in [0.29, 0.717) is 6.61 Å². The maximum absolute atomic E-state index is 12.9. The van der Waals surface area contributed by atoms with Crippen molar-refractivity contribution in [2.75, 3.05) is 13.7 Å². The van der Waals surface area contributed by atoms with Crippen LogP contribution in [0.4, 0.5) is 0 Å². The highest BCUT2D eigenvalue weighted by Crippen LogP contribution is 2.31. The smallest absolute Gasteiger partial charge is 0.271 e. The molecule has 4 nitrogen and oxygen atoms in total. The number of ether oxygens (including phenoxy) is 1. The maximum atomic E-state index is 12.9. The molecule has 0 aliphatic carbocycles. The Balaban J connectivity index is 2.46. The van der Waals surface area contributed by atoms with E-state index in [4.69, 9.17) is 4.74 Å². The number of amides is 1. The van der Waals surface area contributed by atoms with Crippen molar-refractivity contribution in [2.24, 2.45) is 0 Å². The van der Waals surface area contributed by atoms with Crippen molar-refractivity contribution in [1.29, 1.82) is 0 Å². The topological polar surface area (TPSA) is 34.5 Å². The first-order chi connectivity index (χ1) is 9.55. The molecule has 0 aromatic carbocycles. The first kappa shape index (κ1) is 16.1. The Morgan fingerprint density at radius 2 is 1.86 bits per heavy atom. The van der Waals surface area contributed by atoms with Gasteiger partial charge >= 0.3 is 0 Å². The van der Waals surface area contributed by atoms with E-state index in [1.807, 2.05) is 11.0 Å². The molecule has 0 fully saturated rings. The lowest BCUT2D eigenvalue weighted by atomic mass is 9.89. The number of aromatic nitrogens is 1. The van der Waals surface area contributed by atoms with Gasteiger partial charge in [-0.15, -0.1) is 0 Å². The van der Waals surface area contributed by atoms with Crippen LogP contribution < -0.4 is 0 Å². The van der Waals surface area contributed by atoms with Crippen LogP contribution in [0.2, 0.25) is 0 Å². The van der Waals surface area contributed by atoms with Crippen molar-refractivity contribution >= 4 is 5.91 Å². The normalized spacial score (nSPS) is 19.9. The summed E-state index contributed by atoms with van der Waals surface area (Å²) in [5, 5.41) is 0. The number of fused-ring (bicyclic) bond motifs is 1. The second-order valence-corrected chi connectivity index (χ2v) is 7.97. The summed E-state index contributed by atoms with van der Waals surface area (Å²) in [7, 11) is 1.69. The summed E-state index contributed by atoms with van der Waals surface area (Å²) in [5.41, 5.74) is 1.84. The van der Waals surface area contributed by atoms with Gasteiger partial charge in [0.1, 0.15) is 5.69 Å². The fourth-order valence-electron chi connectivity index (χ4n) is 3.02. The predicted octanol–water partition coefficient (Wildman–Crippen LogP) is 3.05. The van der Waals surface area contributed by atoms with Crippen LogP contribution in [0.25, 0.3) is 0 Å². The van der Waals surface area contributed by atoms with Gasteiger partial charge in [0, 0.05) is 25.4 Å². The van der Waals surface area contributed by atoms with E-state index in [9.17, 15) is 4.79 Å². The molecule has 0 radical (unpaired) electrons. The molecule has 118 valence electrons. The first-order valence-electron chi connectivity index (χ1n) is 7.59. The average molecular weight is 292 g/mol. The molecule has 0 bridgehead atoms. The van der Waals surface area contributed by atoms with Crippen molar-refractivity contribution in [1.82, 2.24) is 9.47 Å². The van der Waals surface area contributed by atoms with Gasteiger partial charge in [-0.3, -0.25) is 4.79 Å². The van der Waals surface area contributed by atoms with E-state index in [1.165, 1.54) is 5.56 Å². The molecule has 1 aromatic rings. The Morgan fingerprint density at radius 3 is 2.33 bits per heavy atom. The summed E-state index contributed by atoms with van der Waals surface area (Å²) in [4.78, 5) is 14.9. The lowest BCUT2D eigenvalue weighted by Crippen LogP contribution is -2.57. The number of methoxy groups -OCH3 is 1. The van der Waals surface area contributed by atoms with Crippen LogP contribution in [-0.4, -0.2) is 40.7 Å². The van der Waals surface area contributed by atoms with Gasteiger partial charge in [-0.25, -0.2) is 0 Å². The standard InChI is InChI=1S/C17H28N2O2/c1-16(2,3)12-8-14-15(20)19(17(4,5)6)13(11-21-7)10-18(14)9-12/h8-9,13H,10-11H2,1-7H3. The minimum atomic E-state index is -0.211. The van der Waals surface area contributed by atoms with Crippen LogP contribution in [0.1, 0.15) is 57.6 Å². The lowest BCUT2D eigenvalue weighted by molar-refractivity contribution is 0.0108. The summed E-state index contributed by atoms with van der Waals surface area (Å²) in [6.45, 7) is 14.1. The Kier molecular flexibility index (Phi) is 3.96. The van der Waals surface area contributed by atoms with Gasteiger partial charge in [-0.2, -0.15) is 0 Å². The highest BCUT2D eigenvalue weighted by atomic mass is 16.5. The largest absolute Gasteiger partial charge is 0.382 e. The number of hydrogen-bond donors (Lipinski definition) is 0. The molecule has 2 heterocycles. The van der Waals surface area contributed by atoms with Gasteiger partial charge in [0.15, 0.2) is 0 Å². The van der Waals surface area contributed by atoms with E-state index in [-0.39, 0.29) is 22.9 Å². The van der Waals surface area contributed by atoms with Crippen LogP contribution in [0.5, 0.6) is 0 Å². The van der Waals surface area contributed by atoms with Crippen LogP contribution in [0.3, 0.4) is 0 Å². The van der Waals surface area contributed by atoms with Crippen LogP contribution in [0, 0.1) is 0 Å². The van der Waals surface area contributed by atoms with E-state index < -0.39 is 0 Å². The molecule has 0 N–H and O–H groups in total. The third-order valence-electron chi connectivity index (χ3n) is 4.05. The highest BCUT2D eigenvalue weighted by molar-refractivity contribution is 5.94. The SMILES string of the molecule is COCC1Cn2cc(C(C)(C)C)cc2C(=O)N1C(C)(C)C. The third kappa shape index (κ3) is 3.00. The number of carbonyl (C=O) groups excluding carboxylic acids is 1. The summed E-state index contributed by atoms with van der Waals surface area (Å²) >= 11 is 0. The fraction of sp³-hybridized carbons (Fsp3) is 0.706. The molecule has 0 spiro atoms. The zero-order chi connectivity index (χ0) is 16.0. The van der Waals surface area contributed by atoms with Crippen molar-refractivity contribution in [3.05, 3.63) is 23.5 Å². The number of carbonyl (C=O) groups is 1. The second kappa shape index (κ2) is 5.16. The summed E-state index contributed by atoms with van der Waals surface area (Å²) < 4.78 is 7.43. The zero-order valence-electron chi connectivity index (χ0n) is 14.4. The molecule has 0 saturated heterocycles. The van der Waals surface area contributed by atoms with E-state index >= 15 is 0 Å². The minimum absolute atomic E-state index is 0.0495. The number of hydrogen-bond acceptors (Lipinski definition) is 2. The number of rotatable bonds is 2. The molecule has 1 atom stereocenters.